The second-order valence-corrected chi connectivity index (χ2v) is 9.56. The van der Waals surface area contributed by atoms with Crippen LogP contribution in [0.5, 0.6) is 0 Å². The van der Waals surface area contributed by atoms with Crippen molar-refractivity contribution in [1.29, 1.82) is 0 Å². The Morgan fingerprint density at radius 2 is 1.85 bits per heavy atom. The van der Waals surface area contributed by atoms with E-state index in [1.807, 2.05) is 51.1 Å². The lowest BCUT2D eigenvalue weighted by molar-refractivity contribution is -0.384. The number of nitrogens with zero attached hydrogens (tertiary/aromatic N) is 3. The molecular weight excluding hydrogens is 430 g/mol. The molecule has 0 saturated carbocycles. The van der Waals surface area contributed by atoms with Crippen molar-refractivity contribution in [3.05, 3.63) is 81.9 Å². The summed E-state index contributed by atoms with van der Waals surface area (Å²) in [5.41, 5.74) is 3.60. The second-order valence-electron chi connectivity index (χ2n) is 9.56. The van der Waals surface area contributed by atoms with Gasteiger partial charge in [-0.15, -0.1) is 0 Å². The van der Waals surface area contributed by atoms with Crippen LogP contribution in [0.1, 0.15) is 31.9 Å². The molecule has 2 heterocycles. The number of benzene rings is 3. The Labute approximate surface area is 197 Å². The fourth-order valence-electron chi connectivity index (χ4n) is 4.60. The summed E-state index contributed by atoms with van der Waals surface area (Å²) in [5.74, 6) is 0. The summed E-state index contributed by atoms with van der Waals surface area (Å²) in [6.07, 6.45) is 0.268. The Balaban J connectivity index is 1.73. The highest BCUT2D eigenvalue weighted by molar-refractivity contribution is 6.09. The van der Waals surface area contributed by atoms with Crippen molar-refractivity contribution in [2.24, 2.45) is 0 Å². The highest BCUT2D eigenvalue weighted by atomic mass is 16.6. The first-order chi connectivity index (χ1) is 16.2. The number of amides is 1. The molecule has 3 aromatic carbocycles. The largest absolute Gasteiger partial charge is 0.444 e. The summed E-state index contributed by atoms with van der Waals surface area (Å²) in [6.45, 7) is 6.39. The van der Waals surface area contributed by atoms with Gasteiger partial charge in [0.15, 0.2) is 0 Å². The van der Waals surface area contributed by atoms with Gasteiger partial charge in [0, 0.05) is 35.2 Å². The van der Waals surface area contributed by atoms with E-state index in [-0.39, 0.29) is 11.8 Å². The molecular formula is C27H25N3O4. The summed E-state index contributed by atoms with van der Waals surface area (Å²) < 4.78 is 5.62. The van der Waals surface area contributed by atoms with Gasteiger partial charge >= 0.3 is 6.09 Å². The number of hydrogen-bond acceptors (Lipinski definition) is 5. The molecule has 7 heteroatoms. The van der Waals surface area contributed by atoms with Crippen molar-refractivity contribution in [3.63, 3.8) is 0 Å². The molecule has 5 rings (SSSR count). The third-order valence-electron chi connectivity index (χ3n) is 6.05. The summed E-state index contributed by atoms with van der Waals surface area (Å²) in [6, 6.07) is 18.7. The van der Waals surface area contributed by atoms with Gasteiger partial charge in [0.25, 0.3) is 5.69 Å². The molecule has 34 heavy (non-hydrogen) atoms. The topological polar surface area (TPSA) is 85.6 Å². The van der Waals surface area contributed by atoms with Crippen molar-refractivity contribution in [2.45, 2.75) is 39.3 Å². The van der Waals surface area contributed by atoms with E-state index in [0.29, 0.717) is 30.8 Å². The zero-order valence-corrected chi connectivity index (χ0v) is 19.4. The Bertz CT molecular complexity index is 1460. The molecule has 0 N–H and O–H groups in total. The maximum Gasteiger partial charge on any atom is 0.410 e. The molecule has 0 bridgehead atoms. The first-order valence-corrected chi connectivity index (χ1v) is 11.3. The van der Waals surface area contributed by atoms with Crippen LogP contribution >= 0.6 is 0 Å². The van der Waals surface area contributed by atoms with Crippen LogP contribution in [-0.4, -0.2) is 33.0 Å². The first-order valence-electron chi connectivity index (χ1n) is 11.3. The number of pyridine rings is 1. The van der Waals surface area contributed by atoms with E-state index in [1.165, 1.54) is 6.07 Å². The molecule has 1 aromatic heterocycles. The fourth-order valence-corrected chi connectivity index (χ4v) is 4.60. The van der Waals surface area contributed by atoms with Gasteiger partial charge in [0.05, 0.1) is 22.7 Å². The van der Waals surface area contributed by atoms with Crippen LogP contribution in [0.25, 0.3) is 32.9 Å². The molecule has 172 valence electrons. The zero-order valence-electron chi connectivity index (χ0n) is 19.4. The van der Waals surface area contributed by atoms with Crippen molar-refractivity contribution in [1.82, 2.24) is 9.88 Å². The number of non-ortho nitro benzene ring substituents is 1. The molecule has 0 aliphatic carbocycles. The highest BCUT2D eigenvalue weighted by Crippen LogP contribution is 2.38. The smallest absolute Gasteiger partial charge is 0.410 e. The number of aromatic nitrogens is 1. The van der Waals surface area contributed by atoms with Crippen molar-refractivity contribution >= 4 is 33.5 Å². The minimum Gasteiger partial charge on any atom is -0.444 e. The lowest BCUT2D eigenvalue weighted by atomic mass is 9.89. The van der Waals surface area contributed by atoms with Crippen LogP contribution in [-0.2, 0) is 17.7 Å². The van der Waals surface area contributed by atoms with E-state index < -0.39 is 10.5 Å². The molecule has 0 atom stereocenters. The molecule has 1 aliphatic heterocycles. The van der Waals surface area contributed by atoms with Crippen LogP contribution in [0.2, 0.25) is 0 Å². The third kappa shape index (κ3) is 3.94. The van der Waals surface area contributed by atoms with Gasteiger partial charge in [0.2, 0.25) is 0 Å². The van der Waals surface area contributed by atoms with Crippen molar-refractivity contribution in [2.75, 3.05) is 6.54 Å². The quantitative estimate of drug-likeness (QED) is 0.202. The van der Waals surface area contributed by atoms with Gasteiger partial charge in [-0.3, -0.25) is 10.1 Å². The monoisotopic (exact) mass is 455 g/mol. The number of fused-ring (bicyclic) bond motifs is 5. The summed E-state index contributed by atoms with van der Waals surface area (Å²) in [7, 11) is 0. The van der Waals surface area contributed by atoms with Crippen molar-refractivity contribution < 1.29 is 14.5 Å². The molecule has 4 aromatic rings. The number of rotatable bonds is 2. The number of carbonyl (C=O) groups excluding carboxylic acids is 1. The average Bonchev–Trinajstić information content (AvgIpc) is 2.81. The van der Waals surface area contributed by atoms with Gasteiger partial charge < -0.3 is 9.64 Å². The molecule has 0 radical (unpaired) electrons. The number of nitro benzene ring substituents is 1. The van der Waals surface area contributed by atoms with E-state index in [1.54, 1.807) is 17.0 Å². The number of hydrogen-bond donors (Lipinski definition) is 0. The predicted molar refractivity (Wildman–Crippen MR) is 132 cm³/mol. The third-order valence-corrected chi connectivity index (χ3v) is 6.05. The predicted octanol–water partition coefficient (Wildman–Crippen LogP) is 6.26. The van der Waals surface area contributed by atoms with Gasteiger partial charge in [-0.05, 0) is 49.6 Å². The average molecular weight is 456 g/mol. The summed E-state index contributed by atoms with van der Waals surface area (Å²) in [4.78, 5) is 30.6. The SMILES string of the molecule is CC(C)(C)OC(=O)N1CCc2c(c(-c3cccc([N+](=O)[O-])c3)nc3ccc4ccccc4c23)C1. The van der Waals surface area contributed by atoms with Crippen LogP contribution in [0, 0.1) is 10.1 Å². The van der Waals surface area contributed by atoms with Gasteiger partial charge in [-0.2, -0.15) is 0 Å². The Hall–Kier alpha value is -4.00. The normalized spacial score (nSPS) is 13.7. The second kappa shape index (κ2) is 8.09. The first kappa shape index (κ1) is 21.8. The standard InChI is InChI=1S/C27H25N3O4/c1-27(2,3)34-26(31)29-14-13-21-22(16-29)25(18-8-6-9-19(15-18)30(32)33)28-23-12-11-17-7-4-5-10-20(17)24(21)23/h4-12,15H,13-14,16H2,1-3H3. The van der Waals surface area contributed by atoms with Crippen LogP contribution in [0.3, 0.4) is 0 Å². The maximum atomic E-state index is 12.9. The molecule has 1 aliphatic rings. The summed E-state index contributed by atoms with van der Waals surface area (Å²) in [5, 5.41) is 14.7. The minimum atomic E-state index is -0.599. The zero-order chi connectivity index (χ0) is 24.0. The number of nitro groups is 1. The van der Waals surface area contributed by atoms with Gasteiger partial charge in [-0.1, -0.05) is 42.5 Å². The minimum absolute atomic E-state index is 0.00599. The molecule has 1 amide bonds. The van der Waals surface area contributed by atoms with E-state index >= 15 is 0 Å². The highest BCUT2D eigenvalue weighted by Gasteiger charge is 2.30. The van der Waals surface area contributed by atoms with E-state index in [0.717, 1.165) is 32.8 Å². The van der Waals surface area contributed by atoms with Gasteiger partial charge in [-0.25, -0.2) is 9.78 Å². The lowest BCUT2D eigenvalue weighted by Gasteiger charge is -2.33. The van der Waals surface area contributed by atoms with E-state index in [9.17, 15) is 14.9 Å². The summed E-state index contributed by atoms with van der Waals surface area (Å²) >= 11 is 0. The van der Waals surface area contributed by atoms with Crippen LogP contribution < -0.4 is 0 Å². The van der Waals surface area contributed by atoms with Crippen LogP contribution in [0.15, 0.2) is 60.7 Å². The number of carbonyl (C=O) groups is 1. The Morgan fingerprint density at radius 3 is 2.62 bits per heavy atom. The van der Waals surface area contributed by atoms with Gasteiger partial charge in [0.1, 0.15) is 5.60 Å². The molecule has 0 fully saturated rings. The Morgan fingerprint density at radius 1 is 1.06 bits per heavy atom. The lowest BCUT2D eigenvalue weighted by Crippen LogP contribution is -2.40. The molecule has 0 unspecified atom stereocenters. The maximum absolute atomic E-state index is 12.9. The molecule has 7 nitrogen and oxygen atoms in total. The van der Waals surface area contributed by atoms with Crippen LogP contribution in [0.4, 0.5) is 10.5 Å². The van der Waals surface area contributed by atoms with E-state index in [2.05, 4.69) is 12.1 Å². The number of ether oxygens (including phenoxy) is 1. The van der Waals surface area contributed by atoms with Crippen molar-refractivity contribution in [3.8, 4) is 11.3 Å². The van der Waals surface area contributed by atoms with E-state index in [4.69, 9.17) is 9.72 Å². The Kier molecular flexibility index (Phi) is 5.20. The molecule has 0 saturated heterocycles. The molecule has 0 spiro atoms. The fraction of sp³-hybridized carbons (Fsp3) is 0.259.